The average molecular weight is 407 g/mol. The Bertz CT molecular complexity index is 1150. The molecular formula is C21H21N5O2S. The number of thiophene rings is 1. The van der Waals surface area contributed by atoms with Crippen LogP contribution in [0.3, 0.4) is 0 Å². The van der Waals surface area contributed by atoms with Crippen molar-refractivity contribution in [3.05, 3.63) is 65.7 Å². The number of fused-ring (bicyclic) bond motifs is 1. The number of nitrogens with zero attached hydrogens (tertiary/aromatic N) is 4. The number of pyridine rings is 1. The highest BCUT2D eigenvalue weighted by Crippen LogP contribution is 2.31. The summed E-state index contributed by atoms with van der Waals surface area (Å²) in [7, 11) is 1.62. The van der Waals surface area contributed by atoms with Crippen LogP contribution >= 0.6 is 11.3 Å². The number of hydrogen-bond donors (Lipinski definition) is 1. The third kappa shape index (κ3) is 3.79. The Morgan fingerprint density at radius 2 is 2.00 bits per heavy atom. The lowest BCUT2D eigenvalue weighted by Gasteiger charge is -2.21. The zero-order valence-corrected chi connectivity index (χ0v) is 17.0. The maximum atomic E-state index is 13.1. The van der Waals surface area contributed by atoms with E-state index in [-0.39, 0.29) is 5.91 Å². The monoisotopic (exact) mass is 407 g/mol. The summed E-state index contributed by atoms with van der Waals surface area (Å²) in [6.07, 6.45) is 0. The molecule has 29 heavy (non-hydrogen) atoms. The van der Waals surface area contributed by atoms with Crippen LogP contribution in [0.15, 0.2) is 54.6 Å². The number of hydrogen-bond acceptors (Lipinski definition) is 6. The van der Waals surface area contributed by atoms with Crippen LogP contribution in [0.5, 0.6) is 5.06 Å². The van der Waals surface area contributed by atoms with Crippen molar-refractivity contribution in [1.82, 2.24) is 19.5 Å². The van der Waals surface area contributed by atoms with E-state index in [0.717, 1.165) is 15.5 Å². The quantitative estimate of drug-likeness (QED) is 0.527. The fourth-order valence-corrected chi connectivity index (χ4v) is 3.85. The van der Waals surface area contributed by atoms with Gasteiger partial charge in [0.05, 0.1) is 12.0 Å². The summed E-state index contributed by atoms with van der Waals surface area (Å²) in [5.41, 5.74) is 8.29. The van der Waals surface area contributed by atoms with Crippen LogP contribution < -0.4 is 10.5 Å². The van der Waals surface area contributed by atoms with Gasteiger partial charge in [0.15, 0.2) is 16.5 Å². The summed E-state index contributed by atoms with van der Waals surface area (Å²) >= 11 is 1.45. The highest BCUT2D eigenvalue weighted by molar-refractivity contribution is 7.17. The van der Waals surface area contributed by atoms with Gasteiger partial charge in [0.1, 0.15) is 5.82 Å². The fraction of sp³-hybridized carbons (Fsp3) is 0.190. The number of ether oxygens (including phenoxy) is 1. The van der Waals surface area contributed by atoms with E-state index in [9.17, 15) is 4.79 Å². The molecule has 148 valence electrons. The molecule has 3 aromatic heterocycles. The highest BCUT2D eigenvalue weighted by atomic mass is 32.1. The minimum Gasteiger partial charge on any atom is -0.487 e. The summed E-state index contributed by atoms with van der Waals surface area (Å²) in [5.74, 6) is 0.822. The summed E-state index contributed by atoms with van der Waals surface area (Å²) in [5, 5.41) is 5.25. The molecule has 4 aromatic rings. The Kier molecular flexibility index (Phi) is 5.18. The lowest BCUT2D eigenvalue weighted by Crippen LogP contribution is -2.30. The number of nitrogens with two attached hydrogens (primary N) is 1. The number of carbonyl (C=O) groups excluding carboxylic acids is 1. The lowest BCUT2D eigenvalue weighted by atomic mass is 10.1. The van der Waals surface area contributed by atoms with Crippen molar-refractivity contribution in [2.24, 2.45) is 0 Å². The molecule has 0 aliphatic rings. The zero-order chi connectivity index (χ0) is 20.4. The molecular weight excluding hydrogens is 386 g/mol. The first-order valence-electron chi connectivity index (χ1n) is 9.22. The van der Waals surface area contributed by atoms with Crippen LogP contribution in [0.2, 0.25) is 0 Å². The third-order valence-electron chi connectivity index (χ3n) is 4.60. The third-order valence-corrected chi connectivity index (χ3v) is 5.64. The molecule has 8 heteroatoms. The second-order valence-corrected chi connectivity index (χ2v) is 7.55. The van der Waals surface area contributed by atoms with E-state index in [2.05, 4.69) is 10.1 Å². The number of aromatic nitrogens is 3. The van der Waals surface area contributed by atoms with Gasteiger partial charge >= 0.3 is 0 Å². The van der Waals surface area contributed by atoms with E-state index >= 15 is 0 Å². The minimum absolute atomic E-state index is 0.0899. The number of carbonyl (C=O) groups is 1. The second kappa shape index (κ2) is 7.92. The largest absolute Gasteiger partial charge is 0.487 e. The van der Waals surface area contributed by atoms with E-state index in [1.54, 1.807) is 28.7 Å². The molecule has 0 spiro atoms. The van der Waals surface area contributed by atoms with Gasteiger partial charge in [-0.15, -0.1) is 5.10 Å². The molecule has 0 radical (unpaired) electrons. The Balaban J connectivity index is 1.65. The topological polar surface area (TPSA) is 85.8 Å². The number of amides is 1. The molecule has 0 aliphatic heterocycles. The molecule has 0 saturated carbocycles. The van der Waals surface area contributed by atoms with Gasteiger partial charge in [0, 0.05) is 18.7 Å². The molecule has 1 aromatic carbocycles. The van der Waals surface area contributed by atoms with Crippen molar-refractivity contribution in [2.45, 2.75) is 13.5 Å². The predicted molar refractivity (Wildman–Crippen MR) is 114 cm³/mol. The standard InChI is InChI=1S/C21H21N5O2S/c1-3-25(13-14-7-5-4-6-8-14)21(27)15-11-17(22)26-18(12-15)23-20(24-26)16-9-10-19(28-2)29-16/h4-12H,3,13,22H2,1-2H3. The molecule has 0 aliphatic carbocycles. The maximum absolute atomic E-state index is 13.1. The number of benzene rings is 1. The van der Waals surface area contributed by atoms with E-state index in [1.165, 1.54) is 11.3 Å². The first-order chi connectivity index (χ1) is 14.1. The molecule has 0 bridgehead atoms. The Hall–Kier alpha value is -3.39. The summed E-state index contributed by atoms with van der Waals surface area (Å²) in [6.45, 7) is 3.09. The summed E-state index contributed by atoms with van der Waals surface area (Å²) < 4.78 is 6.78. The Morgan fingerprint density at radius 3 is 2.69 bits per heavy atom. The molecule has 7 nitrogen and oxygen atoms in total. The van der Waals surface area contributed by atoms with E-state index in [4.69, 9.17) is 10.5 Å². The highest BCUT2D eigenvalue weighted by Gasteiger charge is 2.18. The molecule has 0 unspecified atom stereocenters. The predicted octanol–water partition coefficient (Wildman–Crippen LogP) is 3.71. The van der Waals surface area contributed by atoms with Crippen LogP contribution in [0.4, 0.5) is 5.82 Å². The normalized spacial score (nSPS) is 11.0. The van der Waals surface area contributed by atoms with Crippen molar-refractivity contribution < 1.29 is 9.53 Å². The van der Waals surface area contributed by atoms with Crippen LogP contribution in [0.25, 0.3) is 16.3 Å². The Morgan fingerprint density at radius 1 is 1.21 bits per heavy atom. The van der Waals surface area contributed by atoms with Gasteiger partial charge in [-0.3, -0.25) is 4.79 Å². The fourth-order valence-electron chi connectivity index (χ4n) is 3.10. The number of methoxy groups -OCH3 is 1. The van der Waals surface area contributed by atoms with Gasteiger partial charge in [-0.1, -0.05) is 41.7 Å². The summed E-state index contributed by atoms with van der Waals surface area (Å²) in [6, 6.07) is 17.1. The smallest absolute Gasteiger partial charge is 0.254 e. The minimum atomic E-state index is -0.0899. The van der Waals surface area contributed by atoms with Gasteiger partial charge < -0.3 is 15.4 Å². The number of nitrogen functional groups attached to an aromatic ring is 1. The van der Waals surface area contributed by atoms with Crippen molar-refractivity contribution in [1.29, 1.82) is 0 Å². The number of anilines is 1. The Labute approximate surface area is 172 Å². The molecule has 0 saturated heterocycles. The van der Waals surface area contributed by atoms with Crippen LogP contribution in [-0.4, -0.2) is 39.1 Å². The van der Waals surface area contributed by atoms with Gasteiger partial charge in [-0.05, 0) is 36.8 Å². The molecule has 2 N–H and O–H groups in total. The van der Waals surface area contributed by atoms with Crippen molar-refractivity contribution in [3.63, 3.8) is 0 Å². The van der Waals surface area contributed by atoms with Crippen molar-refractivity contribution in [2.75, 3.05) is 19.4 Å². The second-order valence-electron chi connectivity index (χ2n) is 6.50. The van der Waals surface area contributed by atoms with Crippen LogP contribution in [0, 0.1) is 0 Å². The van der Waals surface area contributed by atoms with Gasteiger partial charge in [-0.25, -0.2) is 4.98 Å². The number of rotatable bonds is 6. The molecule has 0 atom stereocenters. The maximum Gasteiger partial charge on any atom is 0.254 e. The van der Waals surface area contributed by atoms with Crippen molar-refractivity contribution in [3.8, 4) is 15.8 Å². The first-order valence-corrected chi connectivity index (χ1v) is 10.0. The molecule has 0 fully saturated rings. The lowest BCUT2D eigenvalue weighted by molar-refractivity contribution is 0.0752. The van der Waals surface area contributed by atoms with E-state index in [1.807, 2.05) is 49.4 Å². The van der Waals surface area contributed by atoms with Gasteiger partial charge in [0.2, 0.25) is 0 Å². The molecule has 1 amide bonds. The van der Waals surface area contributed by atoms with E-state index in [0.29, 0.717) is 35.9 Å². The summed E-state index contributed by atoms with van der Waals surface area (Å²) in [4.78, 5) is 20.3. The van der Waals surface area contributed by atoms with Crippen molar-refractivity contribution >= 4 is 28.7 Å². The van der Waals surface area contributed by atoms with Crippen LogP contribution in [-0.2, 0) is 6.54 Å². The molecule has 4 rings (SSSR count). The van der Waals surface area contributed by atoms with Crippen LogP contribution in [0.1, 0.15) is 22.8 Å². The first kappa shape index (κ1) is 18.9. The average Bonchev–Trinajstić information content (AvgIpc) is 3.39. The SMILES string of the molecule is CCN(Cc1ccccc1)C(=O)c1cc(N)n2nc(-c3ccc(OC)s3)nc2c1. The van der Waals surface area contributed by atoms with E-state index < -0.39 is 0 Å². The zero-order valence-electron chi connectivity index (χ0n) is 16.2. The van der Waals surface area contributed by atoms with Gasteiger partial charge in [0.25, 0.3) is 5.91 Å². The molecule has 3 heterocycles. The van der Waals surface area contributed by atoms with Gasteiger partial charge in [-0.2, -0.15) is 4.52 Å².